The lowest BCUT2D eigenvalue weighted by molar-refractivity contribution is -0.120. The zero-order valence-electron chi connectivity index (χ0n) is 9.60. The van der Waals surface area contributed by atoms with Crippen LogP contribution in [0.3, 0.4) is 0 Å². The molecule has 2 atom stereocenters. The summed E-state index contributed by atoms with van der Waals surface area (Å²) in [5, 5.41) is 0. The van der Waals surface area contributed by atoms with Crippen molar-refractivity contribution in [1.82, 2.24) is 0 Å². The molecule has 0 aromatic heterocycles. The number of ketones is 1. The Kier molecular flexibility index (Phi) is 6.93. The van der Waals surface area contributed by atoms with Gasteiger partial charge in [0.2, 0.25) is 0 Å². The Morgan fingerprint density at radius 3 is 2.23 bits per heavy atom. The highest BCUT2D eigenvalue weighted by Gasteiger charge is 2.08. The van der Waals surface area contributed by atoms with Gasteiger partial charge in [0.05, 0.1) is 0 Å². The fourth-order valence-corrected chi connectivity index (χ4v) is 1.61. The second-order valence-corrected chi connectivity index (χ2v) is 4.34. The topological polar surface area (TPSA) is 17.1 Å². The molecule has 0 radical (unpaired) electrons. The van der Waals surface area contributed by atoms with Crippen molar-refractivity contribution in [2.75, 3.05) is 0 Å². The average molecular weight is 184 g/mol. The lowest BCUT2D eigenvalue weighted by Crippen LogP contribution is -2.06. The molecule has 0 aliphatic carbocycles. The predicted octanol–water partition coefficient (Wildman–Crippen LogP) is 3.82. The van der Waals surface area contributed by atoms with Gasteiger partial charge in [-0.15, -0.1) is 0 Å². The van der Waals surface area contributed by atoms with Crippen LogP contribution in [0.15, 0.2) is 0 Å². The SMILES string of the molecule is CCCC(C)CCCC(C)C(C)=O. The van der Waals surface area contributed by atoms with Gasteiger partial charge in [0, 0.05) is 5.92 Å². The summed E-state index contributed by atoms with van der Waals surface area (Å²) in [7, 11) is 0. The van der Waals surface area contributed by atoms with Crippen LogP contribution in [0.2, 0.25) is 0 Å². The van der Waals surface area contributed by atoms with Crippen LogP contribution in [0.1, 0.15) is 59.8 Å². The maximum absolute atomic E-state index is 10.9. The first-order valence-corrected chi connectivity index (χ1v) is 5.58. The third-order valence-electron chi connectivity index (χ3n) is 2.81. The zero-order valence-corrected chi connectivity index (χ0v) is 9.60. The Morgan fingerprint density at radius 2 is 1.77 bits per heavy atom. The first-order valence-electron chi connectivity index (χ1n) is 5.58. The molecule has 0 N–H and O–H groups in total. The third kappa shape index (κ3) is 6.80. The largest absolute Gasteiger partial charge is 0.300 e. The summed E-state index contributed by atoms with van der Waals surface area (Å²) in [4.78, 5) is 10.9. The van der Waals surface area contributed by atoms with Gasteiger partial charge < -0.3 is 0 Å². The highest BCUT2D eigenvalue weighted by molar-refractivity contribution is 5.77. The lowest BCUT2D eigenvalue weighted by Gasteiger charge is -2.11. The molecule has 0 saturated carbocycles. The van der Waals surface area contributed by atoms with Crippen LogP contribution in [-0.4, -0.2) is 5.78 Å². The summed E-state index contributed by atoms with van der Waals surface area (Å²) in [6.45, 7) is 8.27. The smallest absolute Gasteiger partial charge is 0.132 e. The van der Waals surface area contributed by atoms with Gasteiger partial charge in [-0.3, -0.25) is 4.79 Å². The Hall–Kier alpha value is -0.330. The molecular formula is C12H24O. The summed E-state index contributed by atoms with van der Waals surface area (Å²) in [6, 6.07) is 0. The molecule has 0 bridgehead atoms. The molecule has 0 rings (SSSR count). The van der Waals surface area contributed by atoms with E-state index in [2.05, 4.69) is 13.8 Å². The van der Waals surface area contributed by atoms with Crippen molar-refractivity contribution in [3.8, 4) is 0 Å². The van der Waals surface area contributed by atoms with E-state index in [1.807, 2.05) is 6.92 Å². The third-order valence-corrected chi connectivity index (χ3v) is 2.81. The van der Waals surface area contributed by atoms with Gasteiger partial charge in [-0.05, 0) is 19.3 Å². The summed E-state index contributed by atoms with van der Waals surface area (Å²) in [6.07, 6.45) is 6.18. The quantitative estimate of drug-likeness (QED) is 0.588. The molecule has 0 aromatic rings. The van der Waals surface area contributed by atoms with Crippen molar-refractivity contribution in [3.05, 3.63) is 0 Å². The summed E-state index contributed by atoms with van der Waals surface area (Å²) in [5.41, 5.74) is 0. The van der Waals surface area contributed by atoms with Crippen molar-refractivity contribution >= 4 is 5.78 Å². The van der Waals surface area contributed by atoms with Crippen molar-refractivity contribution < 1.29 is 4.79 Å². The minimum atomic E-state index is 0.272. The molecule has 1 nitrogen and oxygen atoms in total. The molecule has 1 heteroatoms. The first-order chi connectivity index (χ1) is 6.07. The second kappa shape index (κ2) is 7.11. The number of hydrogen-bond donors (Lipinski definition) is 0. The Balaban J connectivity index is 3.39. The second-order valence-electron chi connectivity index (χ2n) is 4.34. The molecule has 0 aromatic carbocycles. The van der Waals surface area contributed by atoms with Crippen LogP contribution in [0.4, 0.5) is 0 Å². The molecule has 0 spiro atoms. The molecule has 0 fully saturated rings. The van der Waals surface area contributed by atoms with Gasteiger partial charge in [0.25, 0.3) is 0 Å². The van der Waals surface area contributed by atoms with Crippen LogP contribution in [-0.2, 0) is 4.79 Å². The fraction of sp³-hybridized carbons (Fsp3) is 0.917. The van der Waals surface area contributed by atoms with Crippen LogP contribution in [0, 0.1) is 11.8 Å². The highest BCUT2D eigenvalue weighted by Crippen LogP contribution is 2.16. The lowest BCUT2D eigenvalue weighted by atomic mass is 9.94. The first kappa shape index (κ1) is 12.7. The van der Waals surface area contributed by atoms with Gasteiger partial charge in [-0.25, -0.2) is 0 Å². The molecule has 0 heterocycles. The summed E-state index contributed by atoms with van der Waals surface area (Å²) >= 11 is 0. The van der Waals surface area contributed by atoms with E-state index in [0.717, 1.165) is 12.3 Å². The van der Waals surface area contributed by atoms with E-state index in [1.54, 1.807) is 6.92 Å². The van der Waals surface area contributed by atoms with Crippen molar-refractivity contribution in [3.63, 3.8) is 0 Å². The van der Waals surface area contributed by atoms with E-state index in [0.29, 0.717) is 5.78 Å². The van der Waals surface area contributed by atoms with Crippen LogP contribution < -0.4 is 0 Å². The van der Waals surface area contributed by atoms with Gasteiger partial charge in [0.15, 0.2) is 0 Å². The predicted molar refractivity (Wildman–Crippen MR) is 57.8 cm³/mol. The van der Waals surface area contributed by atoms with E-state index >= 15 is 0 Å². The minimum absolute atomic E-state index is 0.272. The average Bonchev–Trinajstić information content (AvgIpc) is 2.04. The van der Waals surface area contributed by atoms with Crippen molar-refractivity contribution in [1.29, 1.82) is 0 Å². The Morgan fingerprint density at radius 1 is 1.15 bits per heavy atom. The van der Waals surface area contributed by atoms with Gasteiger partial charge in [-0.2, -0.15) is 0 Å². The number of carbonyl (C=O) groups excluding carboxylic acids is 1. The maximum Gasteiger partial charge on any atom is 0.132 e. The van der Waals surface area contributed by atoms with E-state index in [-0.39, 0.29) is 5.92 Å². The van der Waals surface area contributed by atoms with Crippen molar-refractivity contribution in [2.24, 2.45) is 11.8 Å². The van der Waals surface area contributed by atoms with E-state index < -0.39 is 0 Å². The maximum atomic E-state index is 10.9. The molecule has 0 aliphatic rings. The molecule has 0 saturated heterocycles. The zero-order chi connectivity index (χ0) is 10.3. The van der Waals surface area contributed by atoms with E-state index in [1.165, 1.54) is 25.7 Å². The number of Topliss-reactive ketones (excluding diaryl/α,β-unsaturated/α-hetero) is 1. The molecular weight excluding hydrogens is 160 g/mol. The minimum Gasteiger partial charge on any atom is -0.300 e. The van der Waals surface area contributed by atoms with Gasteiger partial charge in [-0.1, -0.05) is 46.5 Å². The molecule has 0 aliphatic heterocycles. The number of rotatable bonds is 7. The summed E-state index contributed by atoms with van der Waals surface area (Å²) < 4.78 is 0. The number of hydrogen-bond acceptors (Lipinski definition) is 1. The van der Waals surface area contributed by atoms with Gasteiger partial charge in [0.1, 0.15) is 5.78 Å². The normalized spacial score (nSPS) is 15.4. The Labute approximate surface area is 82.9 Å². The standard InChI is InChI=1S/C12H24O/c1-5-7-10(2)8-6-9-11(3)12(4)13/h10-11H,5-9H2,1-4H3. The molecule has 78 valence electrons. The highest BCUT2D eigenvalue weighted by atomic mass is 16.1. The molecule has 13 heavy (non-hydrogen) atoms. The Bertz CT molecular complexity index is 140. The van der Waals surface area contributed by atoms with E-state index in [9.17, 15) is 4.79 Å². The van der Waals surface area contributed by atoms with Crippen LogP contribution >= 0.6 is 0 Å². The van der Waals surface area contributed by atoms with Crippen molar-refractivity contribution in [2.45, 2.75) is 59.8 Å². The van der Waals surface area contributed by atoms with Gasteiger partial charge >= 0.3 is 0 Å². The van der Waals surface area contributed by atoms with Crippen LogP contribution in [0.5, 0.6) is 0 Å². The summed E-state index contributed by atoms with van der Waals surface area (Å²) in [5.74, 6) is 1.45. The monoisotopic (exact) mass is 184 g/mol. The molecule has 0 amide bonds. The van der Waals surface area contributed by atoms with E-state index in [4.69, 9.17) is 0 Å². The fourth-order valence-electron chi connectivity index (χ4n) is 1.61. The van der Waals surface area contributed by atoms with Crippen LogP contribution in [0.25, 0.3) is 0 Å². The molecule has 2 unspecified atom stereocenters. The number of carbonyl (C=O) groups is 1.